The van der Waals surface area contributed by atoms with Crippen LogP contribution in [0, 0.1) is 23.7 Å². The number of imide groups is 2. The van der Waals surface area contributed by atoms with Gasteiger partial charge in [-0.15, -0.1) is 0 Å². The van der Waals surface area contributed by atoms with Crippen LogP contribution in [-0.2, 0) is 31.0 Å². The molecule has 0 aromatic heterocycles. The van der Waals surface area contributed by atoms with Crippen molar-refractivity contribution < 1.29 is 34.1 Å². The lowest BCUT2D eigenvalue weighted by Crippen LogP contribution is -2.53. The molecule has 4 aromatic carbocycles. The fourth-order valence-corrected chi connectivity index (χ4v) is 9.76. The summed E-state index contributed by atoms with van der Waals surface area (Å²) in [7, 11) is 1.52. The number of hydrogen-bond donors (Lipinski definition) is 3. The average molecular weight is 787 g/mol. The number of likely N-dealkylation sites (tertiary alicyclic amines) is 1. The van der Waals surface area contributed by atoms with Crippen molar-refractivity contribution in [2.24, 2.45) is 23.7 Å². The quantitative estimate of drug-likeness (QED) is 0.125. The predicted octanol–water partition coefficient (Wildman–Crippen LogP) is 7.29. The molecule has 0 unspecified atom stereocenters. The van der Waals surface area contributed by atoms with Gasteiger partial charge in [-0.25, -0.2) is 0 Å². The summed E-state index contributed by atoms with van der Waals surface area (Å²) in [6.45, 7) is 0.145. The number of anilines is 1. The number of phenols is 2. The SMILES string of the molecule is COc1ccc([C@@]23C(=O)N(Nc4ccc(Cl)cc4Cl)C(=O)[C@@H]2C[C@@H]2C(=CC[C@@H]4C(=O)N(CCc5ccc(O)cc5)C(=O)[C@@H]42)[C@@H]3c2cc(Cl)ccc2O)cc1. The normalized spacial score (nSPS) is 26.0. The number of carbonyl (C=O) groups excluding carboxylic acids is 4. The van der Waals surface area contributed by atoms with Crippen LogP contribution in [0.2, 0.25) is 15.1 Å². The Balaban J connectivity index is 1.27. The predicted molar refractivity (Wildman–Crippen MR) is 202 cm³/mol. The van der Waals surface area contributed by atoms with E-state index in [4.69, 9.17) is 39.5 Å². The number of fused-ring (bicyclic) bond motifs is 4. The summed E-state index contributed by atoms with van der Waals surface area (Å²) in [6.07, 6.45) is 2.60. The van der Waals surface area contributed by atoms with Crippen molar-refractivity contribution in [1.29, 1.82) is 0 Å². The monoisotopic (exact) mass is 785 g/mol. The van der Waals surface area contributed by atoms with Gasteiger partial charge in [0.25, 0.3) is 11.8 Å². The van der Waals surface area contributed by atoms with Gasteiger partial charge >= 0.3 is 0 Å². The molecule has 2 aliphatic heterocycles. The van der Waals surface area contributed by atoms with Crippen LogP contribution in [-0.4, -0.2) is 57.4 Å². The van der Waals surface area contributed by atoms with Crippen molar-refractivity contribution in [3.8, 4) is 17.2 Å². The van der Waals surface area contributed by atoms with Crippen molar-refractivity contribution in [2.45, 2.75) is 30.6 Å². The number of rotatable bonds is 8. The minimum absolute atomic E-state index is 0.0682. The third-order valence-corrected chi connectivity index (χ3v) is 12.3. The van der Waals surface area contributed by atoms with E-state index >= 15 is 4.79 Å². The van der Waals surface area contributed by atoms with Crippen LogP contribution in [0.1, 0.15) is 35.4 Å². The van der Waals surface area contributed by atoms with Gasteiger partial charge in [-0.3, -0.25) is 29.5 Å². The van der Waals surface area contributed by atoms with Gasteiger partial charge in [0, 0.05) is 28.1 Å². The molecule has 4 aliphatic rings. The van der Waals surface area contributed by atoms with Gasteiger partial charge in [-0.2, -0.15) is 5.01 Å². The van der Waals surface area contributed by atoms with Gasteiger partial charge in [0.2, 0.25) is 11.8 Å². The number of hydrogen-bond acceptors (Lipinski definition) is 8. The van der Waals surface area contributed by atoms with E-state index in [-0.39, 0.29) is 53.4 Å². The van der Waals surface area contributed by atoms with Crippen molar-refractivity contribution >= 4 is 64.1 Å². The highest BCUT2D eigenvalue weighted by Crippen LogP contribution is 2.65. The Kier molecular flexibility index (Phi) is 9.11. The highest BCUT2D eigenvalue weighted by molar-refractivity contribution is 6.36. The summed E-state index contributed by atoms with van der Waals surface area (Å²) >= 11 is 19.3. The number of ether oxygens (including phenoxy) is 1. The molecular weight excluding hydrogens is 753 g/mol. The molecule has 2 saturated heterocycles. The summed E-state index contributed by atoms with van der Waals surface area (Å²) in [4.78, 5) is 59.9. The molecule has 10 nitrogen and oxygen atoms in total. The van der Waals surface area contributed by atoms with E-state index in [1.165, 1.54) is 30.2 Å². The molecule has 13 heteroatoms. The highest BCUT2D eigenvalue weighted by Gasteiger charge is 2.70. The van der Waals surface area contributed by atoms with Gasteiger partial charge in [0.15, 0.2) is 0 Å². The molecule has 0 spiro atoms. The van der Waals surface area contributed by atoms with Crippen molar-refractivity contribution in [3.63, 3.8) is 0 Å². The van der Waals surface area contributed by atoms with Crippen LogP contribution in [0.5, 0.6) is 17.2 Å². The first-order valence-corrected chi connectivity index (χ1v) is 18.6. The van der Waals surface area contributed by atoms with E-state index in [0.717, 1.165) is 10.6 Å². The number of nitrogens with one attached hydrogen (secondary N) is 1. The van der Waals surface area contributed by atoms with E-state index in [1.54, 1.807) is 66.7 Å². The number of nitrogens with zero attached hydrogens (tertiary/aromatic N) is 2. The van der Waals surface area contributed by atoms with E-state index in [0.29, 0.717) is 38.9 Å². The molecule has 0 bridgehead atoms. The van der Waals surface area contributed by atoms with E-state index in [1.807, 2.05) is 6.08 Å². The lowest BCUT2D eigenvalue weighted by molar-refractivity contribution is -0.141. The smallest absolute Gasteiger partial charge is 0.260 e. The molecule has 54 heavy (non-hydrogen) atoms. The van der Waals surface area contributed by atoms with Crippen molar-refractivity contribution in [2.75, 3.05) is 19.1 Å². The molecule has 3 N–H and O–H groups in total. The number of benzene rings is 4. The van der Waals surface area contributed by atoms with E-state index in [9.17, 15) is 24.6 Å². The largest absolute Gasteiger partial charge is 0.508 e. The van der Waals surface area contributed by atoms with Crippen molar-refractivity contribution in [1.82, 2.24) is 9.91 Å². The minimum Gasteiger partial charge on any atom is -0.508 e. The molecule has 8 rings (SSSR count). The summed E-state index contributed by atoms with van der Waals surface area (Å²) in [5.74, 6) is -5.41. The molecule has 3 fully saturated rings. The summed E-state index contributed by atoms with van der Waals surface area (Å²) in [5, 5.41) is 23.1. The zero-order valence-electron chi connectivity index (χ0n) is 28.8. The third kappa shape index (κ3) is 5.61. The highest BCUT2D eigenvalue weighted by atomic mass is 35.5. The standard InChI is InChI=1S/C41H34Cl3N3O7/c1-54-26-10-4-22(5-11-26)41-31(38(51)47(40(41)53)45-33-14-6-24(43)19-32(33)44)20-29-27(36(41)30-18-23(42)7-15-34(30)49)12-13-28-35(29)39(52)46(37(28)50)17-16-21-2-8-25(48)9-3-21/h2-12,14-15,18-19,28-29,31,35-36,45,48-49H,13,16-17,20H2,1H3/t28-,29+,31-,35-,36+,41+/m0/s1. The van der Waals surface area contributed by atoms with Crippen LogP contribution >= 0.6 is 34.8 Å². The average Bonchev–Trinajstić information content (AvgIpc) is 3.53. The summed E-state index contributed by atoms with van der Waals surface area (Å²) < 4.78 is 5.45. The van der Waals surface area contributed by atoms with Gasteiger partial charge < -0.3 is 14.9 Å². The topological polar surface area (TPSA) is 136 Å². The lowest BCUT2D eigenvalue weighted by Gasteiger charge is -2.50. The fraction of sp³-hybridized carbons (Fsp3) is 0.268. The van der Waals surface area contributed by atoms with Crippen molar-refractivity contribution in [3.05, 3.63) is 128 Å². The van der Waals surface area contributed by atoms with Gasteiger partial charge in [0.1, 0.15) is 17.2 Å². The van der Waals surface area contributed by atoms with E-state index < -0.39 is 46.8 Å². The molecule has 276 valence electrons. The molecule has 4 amide bonds. The van der Waals surface area contributed by atoms with Crippen LogP contribution in [0.4, 0.5) is 5.69 Å². The number of hydrazine groups is 1. The number of aromatic hydroxyl groups is 2. The Hall–Kier alpha value is -5.03. The minimum atomic E-state index is -1.64. The second kappa shape index (κ2) is 13.7. The van der Waals surface area contributed by atoms with Gasteiger partial charge in [-0.05, 0) is 97.0 Å². The number of phenolic OH excluding ortho intramolecular Hbond substituents is 2. The molecule has 0 radical (unpaired) electrons. The number of amides is 4. The Labute approximate surface area is 325 Å². The molecule has 2 heterocycles. The van der Waals surface area contributed by atoms with Crippen LogP contribution in [0.25, 0.3) is 0 Å². The number of allylic oxidation sites excluding steroid dienone is 2. The molecule has 1 saturated carbocycles. The Morgan fingerprint density at radius 2 is 1.54 bits per heavy atom. The number of carbonyl (C=O) groups is 4. The lowest BCUT2D eigenvalue weighted by atomic mass is 9.49. The molecule has 4 aromatic rings. The van der Waals surface area contributed by atoms with Gasteiger partial charge in [0.05, 0.1) is 41.0 Å². The molecule has 2 aliphatic carbocycles. The zero-order chi connectivity index (χ0) is 38.1. The maximum absolute atomic E-state index is 15.4. The van der Waals surface area contributed by atoms with Crippen LogP contribution < -0.4 is 10.2 Å². The Morgan fingerprint density at radius 1 is 0.833 bits per heavy atom. The second-order valence-corrected chi connectivity index (χ2v) is 15.4. The molecule has 6 atom stereocenters. The first kappa shape index (κ1) is 36.0. The Morgan fingerprint density at radius 3 is 2.24 bits per heavy atom. The summed E-state index contributed by atoms with van der Waals surface area (Å²) in [6, 6.07) is 22.7. The van der Waals surface area contributed by atoms with Gasteiger partial charge in [-0.1, -0.05) is 70.7 Å². The fourth-order valence-electron chi connectivity index (χ4n) is 9.13. The zero-order valence-corrected chi connectivity index (χ0v) is 31.1. The molecular formula is C41H34Cl3N3O7. The Bertz CT molecular complexity index is 2250. The summed E-state index contributed by atoms with van der Waals surface area (Å²) in [5.41, 5.74) is 3.92. The first-order valence-electron chi connectivity index (χ1n) is 17.5. The maximum Gasteiger partial charge on any atom is 0.260 e. The first-order chi connectivity index (χ1) is 25.9. The second-order valence-electron chi connectivity index (χ2n) is 14.2. The van der Waals surface area contributed by atoms with E-state index in [2.05, 4.69) is 5.43 Å². The number of methoxy groups -OCH3 is 1. The van der Waals surface area contributed by atoms with Crippen LogP contribution in [0.3, 0.4) is 0 Å². The maximum atomic E-state index is 15.4. The number of halogens is 3. The van der Waals surface area contributed by atoms with Crippen LogP contribution in [0.15, 0.2) is 96.6 Å². The third-order valence-electron chi connectivity index (χ3n) is 11.5.